The minimum absolute atomic E-state index is 0. The number of carbonyl (C=O) groups is 1. The molecule has 1 saturated carbocycles. The Hall–Kier alpha value is -0.550. The molecule has 0 saturated heterocycles. The van der Waals surface area contributed by atoms with E-state index in [1.165, 1.54) is 12.6 Å². The largest absolute Gasteiger partial charge is 0.350 e. The second kappa shape index (κ2) is 8.67. The van der Waals surface area contributed by atoms with Crippen LogP contribution < -0.4 is 11.1 Å². The van der Waals surface area contributed by atoms with Gasteiger partial charge in [0.1, 0.15) is 0 Å². The van der Waals surface area contributed by atoms with Crippen LogP contribution in [0, 0.1) is 0 Å². The highest BCUT2D eigenvalue weighted by Crippen LogP contribution is 2.25. The van der Waals surface area contributed by atoms with Gasteiger partial charge >= 0.3 is 0 Å². The Morgan fingerprint density at radius 1 is 1.35 bits per heavy atom. The normalized spacial score (nSPS) is 16.5. The lowest BCUT2D eigenvalue weighted by Gasteiger charge is -2.33. The summed E-state index contributed by atoms with van der Waals surface area (Å²) in [6.45, 7) is 0.504. The molecule has 1 heterocycles. The molecule has 114 valence electrons. The molecule has 1 fully saturated rings. The maximum atomic E-state index is 12.0. The van der Waals surface area contributed by atoms with Gasteiger partial charge in [0.05, 0.1) is 10.6 Å². The molecule has 1 aliphatic carbocycles. The molecular formula is C13H20Cl3N3O. The number of amides is 1. The van der Waals surface area contributed by atoms with Crippen LogP contribution >= 0.6 is 36.4 Å². The van der Waals surface area contributed by atoms with Crippen LogP contribution in [0.2, 0.25) is 5.02 Å². The fourth-order valence-electron chi connectivity index (χ4n) is 2.34. The maximum Gasteiger partial charge on any atom is 0.252 e. The van der Waals surface area contributed by atoms with Gasteiger partial charge in [-0.05, 0) is 18.9 Å². The monoisotopic (exact) mass is 339 g/mol. The lowest BCUT2D eigenvalue weighted by atomic mass is 9.82. The molecule has 0 aliphatic heterocycles. The van der Waals surface area contributed by atoms with Crippen molar-refractivity contribution >= 4 is 42.3 Å². The van der Waals surface area contributed by atoms with Gasteiger partial charge < -0.3 is 11.1 Å². The average Bonchev–Trinajstić information content (AvgIpc) is 2.38. The summed E-state index contributed by atoms with van der Waals surface area (Å²) in [5.74, 6) is -0.183. The lowest BCUT2D eigenvalue weighted by Crippen LogP contribution is -2.51. The van der Waals surface area contributed by atoms with Crippen LogP contribution in [0.3, 0.4) is 0 Å². The number of hydrogen-bond acceptors (Lipinski definition) is 3. The van der Waals surface area contributed by atoms with Crippen LogP contribution in [0.25, 0.3) is 0 Å². The second-order valence-corrected chi connectivity index (χ2v) is 5.37. The van der Waals surface area contributed by atoms with Gasteiger partial charge in [0.25, 0.3) is 5.91 Å². The van der Waals surface area contributed by atoms with Crippen molar-refractivity contribution in [3.8, 4) is 0 Å². The first kappa shape index (κ1) is 19.4. The summed E-state index contributed by atoms with van der Waals surface area (Å²) in [4.78, 5) is 15.8. The number of carbonyl (C=O) groups excluding carboxylic acids is 1. The Labute approximate surface area is 136 Å². The average molecular weight is 341 g/mol. The van der Waals surface area contributed by atoms with E-state index in [2.05, 4.69) is 10.3 Å². The van der Waals surface area contributed by atoms with E-state index in [4.69, 9.17) is 17.3 Å². The molecule has 0 aromatic carbocycles. The first-order chi connectivity index (χ1) is 8.61. The highest BCUT2D eigenvalue weighted by Gasteiger charge is 2.28. The molecule has 0 unspecified atom stereocenters. The molecule has 2 rings (SSSR count). The highest BCUT2D eigenvalue weighted by atomic mass is 35.5. The van der Waals surface area contributed by atoms with Gasteiger partial charge in [0, 0.05) is 24.5 Å². The standard InChI is InChI=1S/C13H18ClN3O.2ClH/c14-11-8-16-7-4-10(11)12(18)17-9-13(15)5-2-1-3-6-13;;/h4,7-8H,1-3,5-6,9,15H2,(H,17,18);2*1H. The molecule has 20 heavy (non-hydrogen) atoms. The third-order valence-corrected chi connectivity index (χ3v) is 3.77. The topological polar surface area (TPSA) is 68.0 Å². The van der Waals surface area contributed by atoms with Gasteiger partial charge in [-0.1, -0.05) is 30.9 Å². The van der Waals surface area contributed by atoms with Crippen molar-refractivity contribution in [1.82, 2.24) is 10.3 Å². The SMILES string of the molecule is Cl.Cl.NC1(CNC(=O)c2ccncc2Cl)CCCCC1. The van der Waals surface area contributed by atoms with E-state index in [1.54, 1.807) is 12.3 Å². The number of hydrogen-bond donors (Lipinski definition) is 2. The third-order valence-electron chi connectivity index (χ3n) is 3.47. The number of nitrogens with zero attached hydrogens (tertiary/aromatic N) is 1. The molecule has 1 aromatic heterocycles. The molecular weight excluding hydrogens is 321 g/mol. The molecule has 4 nitrogen and oxygen atoms in total. The quantitative estimate of drug-likeness (QED) is 0.889. The summed E-state index contributed by atoms with van der Waals surface area (Å²) in [5.41, 5.74) is 6.46. The van der Waals surface area contributed by atoms with Gasteiger partial charge in [-0.15, -0.1) is 24.8 Å². The number of nitrogens with two attached hydrogens (primary N) is 1. The van der Waals surface area contributed by atoms with Crippen molar-refractivity contribution in [1.29, 1.82) is 0 Å². The zero-order chi connectivity index (χ0) is 13.0. The lowest BCUT2D eigenvalue weighted by molar-refractivity contribution is 0.0937. The molecule has 1 amide bonds. The Morgan fingerprint density at radius 2 is 2.00 bits per heavy atom. The summed E-state index contributed by atoms with van der Waals surface area (Å²) < 4.78 is 0. The predicted octanol–water partition coefficient (Wildman–Crippen LogP) is 2.97. The summed E-state index contributed by atoms with van der Waals surface area (Å²) in [6, 6.07) is 1.61. The summed E-state index contributed by atoms with van der Waals surface area (Å²) in [5, 5.41) is 3.24. The van der Waals surface area contributed by atoms with Crippen molar-refractivity contribution in [3.63, 3.8) is 0 Å². The van der Waals surface area contributed by atoms with E-state index in [-0.39, 0.29) is 36.3 Å². The maximum absolute atomic E-state index is 12.0. The zero-order valence-electron chi connectivity index (χ0n) is 11.1. The van der Waals surface area contributed by atoms with E-state index in [1.807, 2.05) is 0 Å². The Kier molecular flexibility index (Phi) is 8.44. The summed E-state index contributed by atoms with van der Waals surface area (Å²) >= 11 is 5.92. The van der Waals surface area contributed by atoms with Gasteiger partial charge in [-0.2, -0.15) is 0 Å². The zero-order valence-corrected chi connectivity index (χ0v) is 13.5. The first-order valence-corrected chi connectivity index (χ1v) is 6.65. The minimum atomic E-state index is -0.257. The third kappa shape index (κ3) is 5.09. The van der Waals surface area contributed by atoms with Crippen LogP contribution in [0.15, 0.2) is 18.5 Å². The van der Waals surface area contributed by atoms with Crippen molar-refractivity contribution in [3.05, 3.63) is 29.0 Å². The molecule has 0 bridgehead atoms. The molecule has 1 aliphatic rings. The van der Waals surface area contributed by atoms with Gasteiger partial charge in [0.15, 0.2) is 0 Å². The van der Waals surface area contributed by atoms with Crippen LogP contribution in [-0.2, 0) is 0 Å². The van der Waals surface area contributed by atoms with Crippen molar-refractivity contribution in [2.24, 2.45) is 5.73 Å². The Balaban J connectivity index is 0.00000180. The Bertz CT molecular complexity index is 437. The summed E-state index contributed by atoms with van der Waals surface area (Å²) in [6.07, 6.45) is 8.48. The molecule has 0 radical (unpaired) electrons. The smallest absolute Gasteiger partial charge is 0.252 e. The number of nitrogens with one attached hydrogen (secondary N) is 1. The fraction of sp³-hybridized carbons (Fsp3) is 0.538. The molecule has 0 spiro atoms. The fourth-order valence-corrected chi connectivity index (χ4v) is 2.55. The van der Waals surface area contributed by atoms with Crippen LogP contribution in [0.5, 0.6) is 0 Å². The highest BCUT2D eigenvalue weighted by molar-refractivity contribution is 6.33. The van der Waals surface area contributed by atoms with Crippen LogP contribution in [0.4, 0.5) is 0 Å². The van der Waals surface area contributed by atoms with Crippen LogP contribution in [0.1, 0.15) is 42.5 Å². The molecule has 1 aromatic rings. The van der Waals surface area contributed by atoms with Crippen molar-refractivity contribution in [2.75, 3.05) is 6.54 Å². The van der Waals surface area contributed by atoms with E-state index in [0.717, 1.165) is 25.7 Å². The molecule has 3 N–H and O–H groups in total. The minimum Gasteiger partial charge on any atom is -0.350 e. The number of halogens is 3. The predicted molar refractivity (Wildman–Crippen MR) is 86.1 cm³/mol. The first-order valence-electron chi connectivity index (χ1n) is 6.27. The van der Waals surface area contributed by atoms with Crippen molar-refractivity contribution < 1.29 is 4.79 Å². The van der Waals surface area contributed by atoms with Gasteiger partial charge in [0.2, 0.25) is 0 Å². The van der Waals surface area contributed by atoms with E-state index in [0.29, 0.717) is 17.1 Å². The van der Waals surface area contributed by atoms with E-state index in [9.17, 15) is 4.79 Å². The Morgan fingerprint density at radius 3 is 2.60 bits per heavy atom. The van der Waals surface area contributed by atoms with Gasteiger partial charge in [-0.3, -0.25) is 9.78 Å². The van der Waals surface area contributed by atoms with Gasteiger partial charge in [-0.25, -0.2) is 0 Å². The van der Waals surface area contributed by atoms with Crippen LogP contribution in [-0.4, -0.2) is 23.0 Å². The molecule has 0 atom stereocenters. The number of aromatic nitrogens is 1. The molecule has 7 heteroatoms. The number of rotatable bonds is 3. The summed E-state index contributed by atoms with van der Waals surface area (Å²) in [7, 11) is 0. The number of pyridine rings is 1. The van der Waals surface area contributed by atoms with E-state index < -0.39 is 0 Å². The second-order valence-electron chi connectivity index (χ2n) is 4.96. The van der Waals surface area contributed by atoms with Crippen molar-refractivity contribution in [2.45, 2.75) is 37.6 Å². The van der Waals surface area contributed by atoms with E-state index >= 15 is 0 Å².